The zero-order valence-corrected chi connectivity index (χ0v) is 11.9. The lowest BCUT2D eigenvalue weighted by molar-refractivity contribution is 1.10. The average Bonchev–Trinajstić information content (AvgIpc) is 2.43. The minimum absolute atomic E-state index is 0.612. The minimum Gasteiger partial charge on any atom is -0.373 e. The maximum absolute atomic E-state index is 4.43. The highest BCUT2D eigenvalue weighted by Gasteiger charge is 2.04. The van der Waals surface area contributed by atoms with Gasteiger partial charge in [-0.25, -0.2) is 4.98 Å². The van der Waals surface area contributed by atoms with Gasteiger partial charge in [-0.1, -0.05) is 13.0 Å². The Labute approximate surface area is 114 Å². The molecule has 0 spiro atoms. The van der Waals surface area contributed by atoms with E-state index in [-0.39, 0.29) is 0 Å². The Morgan fingerprint density at radius 1 is 1.16 bits per heavy atom. The first-order chi connectivity index (χ1) is 9.13. The number of benzene rings is 1. The van der Waals surface area contributed by atoms with E-state index in [1.165, 1.54) is 11.1 Å². The molecule has 1 aromatic heterocycles. The highest BCUT2D eigenvalue weighted by molar-refractivity contribution is 5.57. The molecule has 0 saturated heterocycles. The van der Waals surface area contributed by atoms with Crippen LogP contribution in [0.25, 0.3) is 0 Å². The maximum Gasteiger partial charge on any atom is 0.229 e. The van der Waals surface area contributed by atoms with E-state index in [2.05, 4.69) is 52.6 Å². The molecule has 19 heavy (non-hydrogen) atoms. The monoisotopic (exact) mass is 256 g/mol. The summed E-state index contributed by atoms with van der Waals surface area (Å²) in [6.45, 7) is 6.27. The van der Waals surface area contributed by atoms with Gasteiger partial charge in [-0.3, -0.25) is 0 Å². The molecule has 0 aliphatic carbocycles. The Bertz CT molecular complexity index is 527. The molecule has 4 nitrogen and oxygen atoms in total. The van der Waals surface area contributed by atoms with Gasteiger partial charge in [0.2, 0.25) is 5.95 Å². The Morgan fingerprint density at radius 3 is 2.63 bits per heavy atom. The average molecular weight is 256 g/mol. The lowest BCUT2D eigenvalue weighted by atomic mass is 10.1. The maximum atomic E-state index is 4.43. The van der Waals surface area contributed by atoms with Crippen molar-refractivity contribution in [2.24, 2.45) is 0 Å². The van der Waals surface area contributed by atoms with E-state index in [9.17, 15) is 0 Å². The van der Waals surface area contributed by atoms with Crippen molar-refractivity contribution in [2.75, 3.05) is 17.7 Å². The number of nitrogens with one attached hydrogen (secondary N) is 2. The topological polar surface area (TPSA) is 49.8 Å². The molecule has 0 saturated carbocycles. The van der Waals surface area contributed by atoms with Gasteiger partial charge in [-0.05, 0) is 43.5 Å². The second-order valence-corrected chi connectivity index (χ2v) is 4.60. The molecule has 2 N–H and O–H groups in total. The van der Waals surface area contributed by atoms with Crippen molar-refractivity contribution in [3.63, 3.8) is 0 Å². The standard InChI is InChI=1S/C15H20N4/c1-5-12-8-13(7-6-10(12)2)18-15-17-9-11(3)14(16-4)19-15/h6-9H,5H2,1-4H3,(H2,16,17,18,19). The molecule has 100 valence electrons. The van der Waals surface area contributed by atoms with Crippen LogP contribution in [-0.4, -0.2) is 17.0 Å². The summed E-state index contributed by atoms with van der Waals surface area (Å²) >= 11 is 0. The fourth-order valence-corrected chi connectivity index (χ4v) is 2.01. The highest BCUT2D eigenvalue weighted by atomic mass is 15.1. The zero-order chi connectivity index (χ0) is 13.8. The molecule has 0 amide bonds. The summed E-state index contributed by atoms with van der Waals surface area (Å²) in [5.41, 5.74) is 4.71. The third-order valence-corrected chi connectivity index (χ3v) is 3.19. The van der Waals surface area contributed by atoms with Crippen LogP contribution >= 0.6 is 0 Å². The largest absolute Gasteiger partial charge is 0.373 e. The third kappa shape index (κ3) is 3.02. The normalized spacial score (nSPS) is 10.3. The number of rotatable bonds is 4. The van der Waals surface area contributed by atoms with Crippen LogP contribution in [0.4, 0.5) is 17.5 Å². The first-order valence-electron chi connectivity index (χ1n) is 6.52. The molecule has 2 aromatic rings. The molecule has 0 aliphatic heterocycles. The van der Waals surface area contributed by atoms with Gasteiger partial charge in [-0.15, -0.1) is 0 Å². The molecule has 0 unspecified atom stereocenters. The van der Waals surface area contributed by atoms with Crippen LogP contribution in [0.3, 0.4) is 0 Å². The predicted octanol–water partition coefficient (Wildman–Crippen LogP) is 3.44. The number of aromatic nitrogens is 2. The first-order valence-corrected chi connectivity index (χ1v) is 6.52. The van der Waals surface area contributed by atoms with Crippen molar-refractivity contribution in [1.29, 1.82) is 0 Å². The fourth-order valence-electron chi connectivity index (χ4n) is 2.01. The van der Waals surface area contributed by atoms with E-state index >= 15 is 0 Å². The second-order valence-electron chi connectivity index (χ2n) is 4.60. The Kier molecular flexibility index (Phi) is 4.00. The van der Waals surface area contributed by atoms with E-state index in [0.717, 1.165) is 23.5 Å². The third-order valence-electron chi connectivity index (χ3n) is 3.19. The minimum atomic E-state index is 0.612. The number of hydrogen-bond donors (Lipinski definition) is 2. The van der Waals surface area contributed by atoms with Crippen LogP contribution < -0.4 is 10.6 Å². The van der Waals surface area contributed by atoms with Gasteiger partial charge in [0, 0.05) is 24.5 Å². The van der Waals surface area contributed by atoms with Gasteiger partial charge in [0.15, 0.2) is 0 Å². The van der Waals surface area contributed by atoms with Gasteiger partial charge in [-0.2, -0.15) is 4.98 Å². The van der Waals surface area contributed by atoms with Gasteiger partial charge >= 0.3 is 0 Å². The smallest absolute Gasteiger partial charge is 0.229 e. The Balaban J connectivity index is 2.25. The molecular weight excluding hydrogens is 236 g/mol. The molecule has 0 radical (unpaired) electrons. The summed E-state index contributed by atoms with van der Waals surface area (Å²) in [6, 6.07) is 6.32. The van der Waals surface area contributed by atoms with Gasteiger partial charge in [0.25, 0.3) is 0 Å². The summed E-state index contributed by atoms with van der Waals surface area (Å²) in [4.78, 5) is 8.73. The van der Waals surface area contributed by atoms with Crippen molar-refractivity contribution in [1.82, 2.24) is 9.97 Å². The first kappa shape index (κ1) is 13.3. The molecular formula is C15H20N4. The van der Waals surface area contributed by atoms with E-state index in [4.69, 9.17) is 0 Å². The van der Waals surface area contributed by atoms with Crippen LogP contribution in [0.15, 0.2) is 24.4 Å². The van der Waals surface area contributed by atoms with Gasteiger partial charge in [0.1, 0.15) is 5.82 Å². The molecule has 2 rings (SSSR count). The van der Waals surface area contributed by atoms with Crippen LogP contribution in [-0.2, 0) is 6.42 Å². The molecule has 1 heterocycles. The van der Waals surface area contributed by atoms with Gasteiger partial charge < -0.3 is 10.6 Å². The van der Waals surface area contributed by atoms with Crippen LogP contribution in [0.2, 0.25) is 0 Å². The molecule has 0 bridgehead atoms. The van der Waals surface area contributed by atoms with Crippen molar-refractivity contribution in [3.05, 3.63) is 41.1 Å². The van der Waals surface area contributed by atoms with Gasteiger partial charge in [0.05, 0.1) is 0 Å². The van der Waals surface area contributed by atoms with Crippen molar-refractivity contribution in [3.8, 4) is 0 Å². The Morgan fingerprint density at radius 2 is 1.95 bits per heavy atom. The van der Waals surface area contributed by atoms with Crippen LogP contribution in [0, 0.1) is 13.8 Å². The van der Waals surface area contributed by atoms with E-state index in [1.807, 2.05) is 20.2 Å². The zero-order valence-electron chi connectivity index (χ0n) is 11.9. The fraction of sp³-hybridized carbons (Fsp3) is 0.333. The number of aryl methyl sites for hydroxylation is 3. The van der Waals surface area contributed by atoms with Crippen molar-refractivity contribution >= 4 is 17.5 Å². The lowest BCUT2D eigenvalue weighted by Crippen LogP contribution is -2.02. The number of anilines is 3. The molecule has 0 aliphatic rings. The highest BCUT2D eigenvalue weighted by Crippen LogP contribution is 2.20. The second kappa shape index (κ2) is 5.69. The van der Waals surface area contributed by atoms with Crippen molar-refractivity contribution < 1.29 is 0 Å². The summed E-state index contributed by atoms with van der Waals surface area (Å²) in [5, 5.41) is 6.31. The number of nitrogens with zero attached hydrogens (tertiary/aromatic N) is 2. The SMILES string of the molecule is CCc1cc(Nc2ncc(C)c(NC)n2)ccc1C. The molecule has 1 aromatic carbocycles. The summed E-state index contributed by atoms with van der Waals surface area (Å²) < 4.78 is 0. The van der Waals surface area contributed by atoms with E-state index in [1.54, 1.807) is 0 Å². The molecule has 0 fully saturated rings. The summed E-state index contributed by atoms with van der Waals surface area (Å²) in [6.07, 6.45) is 2.84. The summed E-state index contributed by atoms with van der Waals surface area (Å²) in [7, 11) is 1.86. The Hall–Kier alpha value is -2.10. The van der Waals surface area contributed by atoms with Crippen LogP contribution in [0.1, 0.15) is 23.6 Å². The predicted molar refractivity (Wildman–Crippen MR) is 80.2 cm³/mol. The summed E-state index contributed by atoms with van der Waals surface area (Å²) in [5.74, 6) is 1.46. The van der Waals surface area contributed by atoms with E-state index < -0.39 is 0 Å². The molecule has 4 heteroatoms. The van der Waals surface area contributed by atoms with E-state index in [0.29, 0.717) is 5.95 Å². The van der Waals surface area contributed by atoms with Crippen LogP contribution in [0.5, 0.6) is 0 Å². The quantitative estimate of drug-likeness (QED) is 0.879. The number of hydrogen-bond acceptors (Lipinski definition) is 4. The molecule has 0 atom stereocenters. The lowest BCUT2D eigenvalue weighted by Gasteiger charge is -2.10. The van der Waals surface area contributed by atoms with Crippen molar-refractivity contribution in [2.45, 2.75) is 27.2 Å².